The molecule has 0 N–H and O–H groups in total. The molecule has 1 amide bonds. The molecule has 5 atom stereocenters. The zero-order valence-electron chi connectivity index (χ0n) is 33.4. The smallest absolute Gasteiger partial charge is 0.410 e. The second-order valence-corrected chi connectivity index (χ2v) is 17.0. The minimum atomic E-state index is -0.817. The molecule has 17 heteroatoms. The van der Waals surface area contributed by atoms with E-state index in [-0.39, 0.29) is 88.7 Å². The van der Waals surface area contributed by atoms with Crippen molar-refractivity contribution >= 4 is 33.6 Å². The van der Waals surface area contributed by atoms with Crippen LogP contribution in [-0.4, -0.2) is 113 Å². The van der Waals surface area contributed by atoms with Crippen LogP contribution in [-0.2, 0) is 9.47 Å². The highest BCUT2D eigenvalue weighted by Crippen LogP contribution is 2.47. The van der Waals surface area contributed by atoms with Crippen LogP contribution < -0.4 is 19.1 Å². The quantitative estimate of drug-likeness (QED) is 0.0557. The number of aromatic nitrogens is 3. The third kappa shape index (κ3) is 6.63. The van der Waals surface area contributed by atoms with Crippen molar-refractivity contribution in [3.05, 3.63) is 51.9 Å². The Labute approximate surface area is 339 Å². The molecule has 59 heavy (non-hydrogen) atoms. The lowest BCUT2D eigenvalue weighted by atomic mass is 9.95. The molecule has 2 bridgehead atoms. The summed E-state index contributed by atoms with van der Waals surface area (Å²) in [5, 5.41) is 4.87. The minimum Gasteiger partial charge on any atom is -0.475 e. The van der Waals surface area contributed by atoms with Crippen molar-refractivity contribution in [1.29, 1.82) is 0 Å². The number of azide groups is 1. The fourth-order valence-corrected chi connectivity index (χ4v) is 9.99. The lowest BCUT2D eigenvalue weighted by Gasteiger charge is -2.46. The molecule has 9 rings (SSSR count). The summed E-state index contributed by atoms with van der Waals surface area (Å²) < 4.78 is 62.9. The molecule has 0 unspecified atom stereocenters. The number of fused-ring (bicyclic) bond motifs is 7. The summed E-state index contributed by atoms with van der Waals surface area (Å²) >= 11 is 0. The van der Waals surface area contributed by atoms with E-state index in [1.165, 1.54) is 13.2 Å². The average molecular weight is 810 g/mol. The number of nitrogens with zero attached hydrogens (tertiary/aromatic N) is 9. The van der Waals surface area contributed by atoms with Crippen molar-refractivity contribution in [3.8, 4) is 41.2 Å². The van der Waals surface area contributed by atoms with Gasteiger partial charge in [-0.1, -0.05) is 17.1 Å². The molecule has 0 radical (unpaired) electrons. The number of piperazine rings is 1. The van der Waals surface area contributed by atoms with Gasteiger partial charge in [-0.15, -0.1) is 6.42 Å². The highest BCUT2D eigenvalue weighted by Gasteiger charge is 2.53. The van der Waals surface area contributed by atoms with Crippen LogP contribution in [0.1, 0.15) is 64.9 Å². The fourth-order valence-electron chi connectivity index (χ4n) is 9.99. The monoisotopic (exact) mass is 809 g/mol. The first-order valence-corrected chi connectivity index (χ1v) is 20.0. The van der Waals surface area contributed by atoms with Gasteiger partial charge in [0.1, 0.15) is 52.8 Å². The number of carbonyl (C=O) groups is 1. The summed E-state index contributed by atoms with van der Waals surface area (Å²) in [6.45, 7) is 7.34. The van der Waals surface area contributed by atoms with Crippen molar-refractivity contribution in [2.24, 2.45) is 5.11 Å². The van der Waals surface area contributed by atoms with Gasteiger partial charge >= 0.3 is 12.1 Å². The summed E-state index contributed by atoms with van der Waals surface area (Å²) in [5.74, 6) is 1.74. The predicted octanol–water partition coefficient (Wildman–Crippen LogP) is 7.12. The van der Waals surface area contributed by atoms with Crippen LogP contribution in [0.5, 0.6) is 17.6 Å². The van der Waals surface area contributed by atoms with Gasteiger partial charge in [0, 0.05) is 42.1 Å². The summed E-state index contributed by atoms with van der Waals surface area (Å²) in [5.41, 5.74) is 7.80. The molecule has 2 aromatic carbocycles. The summed E-state index contributed by atoms with van der Waals surface area (Å²) in [6, 6.07) is 5.18. The molecule has 2 aromatic heterocycles. The first-order valence-electron chi connectivity index (χ1n) is 20.0. The highest BCUT2D eigenvalue weighted by atomic mass is 19.1. The second kappa shape index (κ2) is 14.8. The number of terminal acetylenes is 1. The van der Waals surface area contributed by atoms with E-state index >= 15 is 8.78 Å². The van der Waals surface area contributed by atoms with Crippen LogP contribution in [0.4, 0.5) is 19.4 Å². The van der Waals surface area contributed by atoms with E-state index in [9.17, 15) is 4.79 Å². The number of hydrogen-bond donors (Lipinski definition) is 0. The van der Waals surface area contributed by atoms with Crippen LogP contribution in [0.15, 0.2) is 29.4 Å². The first-order chi connectivity index (χ1) is 28.4. The van der Waals surface area contributed by atoms with Crippen LogP contribution >= 0.6 is 0 Å². The largest absolute Gasteiger partial charge is 0.475 e. The molecule has 4 aromatic rings. The highest BCUT2D eigenvalue weighted by molar-refractivity contribution is 6.04. The molecule has 0 aliphatic carbocycles. The van der Waals surface area contributed by atoms with Crippen molar-refractivity contribution in [2.75, 3.05) is 51.7 Å². The van der Waals surface area contributed by atoms with Gasteiger partial charge in [0.05, 0.1) is 29.2 Å². The van der Waals surface area contributed by atoms with Gasteiger partial charge in [0.2, 0.25) is 5.88 Å². The molecule has 7 heterocycles. The van der Waals surface area contributed by atoms with Crippen molar-refractivity contribution in [3.63, 3.8) is 0 Å². The van der Waals surface area contributed by atoms with Gasteiger partial charge in [-0.3, -0.25) is 9.80 Å². The Balaban J connectivity index is 1.19. The number of methoxy groups -OCH3 is 1. The topological polar surface area (TPSA) is 160 Å². The molecule has 15 nitrogen and oxygen atoms in total. The van der Waals surface area contributed by atoms with Crippen LogP contribution in [0.3, 0.4) is 0 Å². The maximum Gasteiger partial charge on any atom is 0.410 e. The minimum absolute atomic E-state index is 0.0332. The number of ether oxygens (including phenoxy) is 5. The molecule has 5 aliphatic heterocycles. The Kier molecular flexibility index (Phi) is 9.77. The van der Waals surface area contributed by atoms with Crippen molar-refractivity contribution < 1.29 is 37.3 Å². The van der Waals surface area contributed by atoms with E-state index in [0.29, 0.717) is 36.5 Å². The van der Waals surface area contributed by atoms with Crippen LogP contribution in [0, 0.1) is 24.0 Å². The zero-order chi connectivity index (χ0) is 41.2. The van der Waals surface area contributed by atoms with Gasteiger partial charge in [0.25, 0.3) is 0 Å². The van der Waals surface area contributed by atoms with E-state index in [0.717, 1.165) is 38.6 Å². The summed E-state index contributed by atoms with van der Waals surface area (Å²) in [4.78, 5) is 37.4. The lowest BCUT2D eigenvalue weighted by Crippen LogP contribution is -2.63. The Hall–Kier alpha value is -5.69. The van der Waals surface area contributed by atoms with Gasteiger partial charge < -0.3 is 28.6 Å². The number of pyridine rings is 1. The van der Waals surface area contributed by atoms with Crippen LogP contribution in [0.2, 0.25) is 0 Å². The summed E-state index contributed by atoms with van der Waals surface area (Å²) in [6.07, 6.45) is 10.4. The third-order valence-corrected chi connectivity index (χ3v) is 12.4. The van der Waals surface area contributed by atoms with Crippen LogP contribution in [0.25, 0.3) is 43.4 Å². The Morgan fingerprint density at radius 1 is 1.12 bits per heavy atom. The van der Waals surface area contributed by atoms with Crippen molar-refractivity contribution in [1.82, 2.24) is 24.8 Å². The van der Waals surface area contributed by atoms with Gasteiger partial charge in [-0.05, 0) is 95.0 Å². The van der Waals surface area contributed by atoms with Gasteiger partial charge in [0.15, 0.2) is 12.6 Å². The predicted molar refractivity (Wildman–Crippen MR) is 213 cm³/mol. The Bertz CT molecular complexity index is 2450. The van der Waals surface area contributed by atoms with Gasteiger partial charge in [-0.2, -0.15) is 9.97 Å². The molecule has 0 saturated carbocycles. The molecule has 4 saturated heterocycles. The first kappa shape index (κ1) is 38.8. The number of carbonyl (C=O) groups excluding carboxylic acids is 1. The van der Waals surface area contributed by atoms with E-state index < -0.39 is 29.4 Å². The van der Waals surface area contributed by atoms with E-state index in [1.807, 2.05) is 25.7 Å². The SMILES string of the molecule is C#Cc1c(F)ccc2cc(OCOC)cc(-c3nc4c5c(nc(OC[C@@]67CCCN6[C@H](CN=[N+]=[N-])CC7)nc5c3F)N3C[C@H]5CC[C@@H]([C@H]3CO4)N5C(=O)OC(C)(C)C)c12. The number of hydrogen-bond acceptors (Lipinski definition) is 12. The third-order valence-electron chi connectivity index (χ3n) is 12.4. The average Bonchev–Trinajstić information content (AvgIpc) is 3.85. The van der Waals surface area contributed by atoms with E-state index in [4.69, 9.17) is 50.6 Å². The molecular weight excluding hydrogens is 765 g/mol. The standard InChI is InChI=1S/C42H45F2N9O6/c1-6-27-29(43)10-8-23-16-26(58-22-55-5)17-28(32(23)27)35-34(44)36-33-37(49-39(48-36)57-21-42-13-7-15-52(42)24(12-14-42)18-46-50-45)51-19-25-9-11-30(31(51)20-56-38(33)47-35)53(25)40(54)59-41(2,3)4/h1,8,10,16-17,24-25,30-31H,7,9,11-15,18-22H2,2-5H3/t24-,25+,30-,31+,42-/m0/s1. The number of benzene rings is 2. The lowest BCUT2D eigenvalue weighted by molar-refractivity contribution is 0.00537. The molecular formula is C42H45F2N9O6. The Morgan fingerprint density at radius 2 is 1.97 bits per heavy atom. The zero-order valence-corrected chi connectivity index (χ0v) is 33.4. The maximum absolute atomic E-state index is 17.7. The molecule has 4 fully saturated rings. The van der Waals surface area contributed by atoms with Gasteiger partial charge in [-0.25, -0.2) is 18.6 Å². The van der Waals surface area contributed by atoms with E-state index in [1.54, 1.807) is 18.2 Å². The number of amides is 1. The fraction of sp³-hybridized carbons (Fsp3) is 0.524. The molecule has 5 aliphatic rings. The molecule has 308 valence electrons. The number of rotatable bonds is 9. The summed E-state index contributed by atoms with van der Waals surface area (Å²) in [7, 11) is 1.48. The van der Waals surface area contributed by atoms with Crippen molar-refractivity contribution in [2.45, 2.75) is 94.6 Å². The van der Waals surface area contributed by atoms with E-state index in [2.05, 4.69) is 25.7 Å². The Morgan fingerprint density at radius 3 is 2.75 bits per heavy atom. The number of halogens is 2. The normalized spacial score (nSPS) is 24.6. The number of anilines is 1. The maximum atomic E-state index is 17.7. The second-order valence-electron chi connectivity index (χ2n) is 17.0. The molecule has 0 spiro atoms.